The van der Waals surface area contributed by atoms with Crippen molar-refractivity contribution in [3.8, 4) is 11.1 Å². The smallest absolute Gasteiger partial charge is 0.342 e. The molecule has 4 heterocycles. The molecule has 1 aromatic carbocycles. The molecule has 1 aliphatic rings. The number of aromatic amines is 1. The third-order valence-corrected chi connectivity index (χ3v) is 6.47. The zero-order valence-corrected chi connectivity index (χ0v) is 20.4. The Kier molecular flexibility index (Phi) is 6.92. The van der Waals surface area contributed by atoms with Crippen LogP contribution in [0.25, 0.3) is 22.2 Å². The number of carbonyl (C=O) groups excluding carboxylic acids is 1. The molecule has 0 atom stereocenters. The van der Waals surface area contributed by atoms with Crippen LogP contribution in [0.4, 0.5) is 13.2 Å². The number of aryl methyl sites for hydroxylation is 1. The molecule has 1 saturated heterocycles. The number of imidazole rings is 1. The number of hydrogen-bond acceptors (Lipinski definition) is 5. The summed E-state index contributed by atoms with van der Waals surface area (Å²) in [7, 11) is 0. The standard InChI is InChI=1S/C27H27F3N6O/c1-18-12-21(5-7-31-18)20-2-3-23-24(14-20)34-25(33-23)15-22-13-19(4-6-32-22)17-35-8-10-36(11-9-35)26(37)16-27(28,29)30/h2-7,12-14H,8-11,15-17H2,1H3,(H,33,34). The number of halogens is 3. The topological polar surface area (TPSA) is 78.0 Å². The van der Waals surface area contributed by atoms with Crippen molar-refractivity contribution in [2.24, 2.45) is 0 Å². The highest BCUT2D eigenvalue weighted by atomic mass is 19.4. The molecule has 1 aliphatic heterocycles. The van der Waals surface area contributed by atoms with Crippen LogP contribution >= 0.6 is 0 Å². The van der Waals surface area contributed by atoms with Crippen molar-refractivity contribution in [1.82, 2.24) is 29.7 Å². The van der Waals surface area contributed by atoms with E-state index in [1.807, 2.05) is 37.3 Å². The van der Waals surface area contributed by atoms with Crippen LogP contribution < -0.4 is 0 Å². The molecule has 0 aliphatic carbocycles. The van der Waals surface area contributed by atoms with E-state index in [1.54, 1.807) is 12.4 Å². The number of aromatic nitrogens is 4. The molecular weight excluding hydrogens is 481 g/mol. The number of pyridine rings is 2. The number of piperazine rings is 1. The first kappa shape index (κ1) is 24.9. The van der Waals surface area contributed by atoms with Crippen molar-refractivity contribution < 1.29 is 18.0 Å². The SMILES string of the molecule is Cc1cc(-c2ccc3nc(Cc4cc(CN5CCN(C(=O)CC(F)(F)F)CC5)ccn4)[nH]c3c2)ccn1. The molecule has 0 unspecified atom stereocenters. The number of amides is 1. The number of nitrogens with one attached hydrogen (secondary N) is 1. The van der Waals surface area contributed by atoms with Gasteiger partial charge in [0.15, 0.2) is 0 Å². The van der Waals surface area contributed by atoms with Crippen LogP contribution in [-0.4, -0.2) is 68.0 Å². The Morgan fingerprint density at radius 1 is 0.973 bits per heavy atom. The predicted octanol–water partition coefficient (Wildman–Crippen LogP) is 4.52. The highest BCUT2D eigenvalue weighted by Crippen LogP contribution is 2.24. The maximum absolute atomic E-state index is 12.5. The first-order valence-electron chi connectivity index (χ1n) is 12.1. The van der Waals surface area contributed by atoms with Crippen molar-refractivity contribution in [3.63, 3.8) is 0 Å². The van der Waals surface area contributed by atoms with Crippen LogP contribution in [-0.2, 0) is 17.8 Å². The first-order valence-corrected chi connectivity index (χ1v) is 12.1. The average molecular weight is 509 g/mol. The van der Waals surface area contributed by atoms with E-state index >= 15 is 0 Å². The second-order valence-electron chi connectivity index (χ2n) is 9.38. The van der Waals surface area contributed by atoms with E-state index in [4.69, 9.17) is 4.98 Å². The van der Waals surface area contributed by atoms with Crippen LogP contribution in [0.1, 0.15) is 29.2 Å². The lowest BCUT2D eigenvalue weighted by molar-refractivity contribution is -0.162. The van der Waals surface area contributed by atoms with Gasteiger partial charge in [-0.1, -0.05) is 6.07 Å². The first-order chi connectivity index (χ1) is 17.7. The summed E-state index contributed by atoms with van der Waals surface area (Å²) in [6.45, 7) is 4.27. The van der Waals surface area contributed by atoms with Crippen molar-refractivity contribution in [2.45, 2.75) is 32.5 Å². The zero-order chi connectivity index (χ0) is 26.0. The van der Waals surface area contributed by atoms with Gasteiger partial charge in [-0.3, -0.25) is 19.7 Å². The lowest BCUT2D eigenvalue weighted by atomic mass is 10.1. The van der Waals surface area contributed by atoms with Crippen LogP contribution in [0, 0.1) is 6.92 Å². The molecule has 10 heteroatoms. The van der Waals surface area contributed by atoms with E-state index in [2.05, 4.69) is 32.0 Å². The fourth-order valence-electron chi connectivity index (χ4n) is 4.64. The van der Waals surface area contributed by atoms with Crippen LogP contribution in [0.15, 0.2) is 54.9 Å². The third-order valence-electron chi connectivity index (χ3n) is 6.47. The molecule has 5 rings (SSSR count). The lowest BCUT2D eigenvalue weighted by Crippen LogP contribution is -2.49. The minimum atomic E-state index is -4.47. The molecule has 1 amide bonds. The zero-order valence-electron chi connectivity index (χ0n) is 20.4. The van der Waals surface area contributed by atoms with E-state index in [0.717, 1.165) is 44.9 Å². The van der Waals surface area contributed by atoms with Gasteiger partial charge in [-0.15, -0.1) is 0 Å². The highest BCUT2D eigenvalue weighted by molar-refractivity contribution is 5.82. The molecule has 0 spiro atoms. The van der Waals surface area contributed by atoms with E-state index < -0.39 is 18.5 Å². The Labute approximate surface area is 212 Å². The molecular formula is C27H27F3N6O. The Bertz CT molecular complexity index is 1410. The van der Waals surface area contributed by atoms with Crippen molar-refractivity contribution in [3.05, 3.63) is 77.6 Å². The average Bonchev–Trinajstić information content (AvgIpc) is 3.25. The lowest BCUT2D eigenvalue weighted by Gasteiger charge is -2.35. The van der Waals surface area contributed by atoms with Crippen molar-refractivity contribution in [2.75, 3.05) is 26.2 Å². The van der Waals surface area contributed by atoms with E-state index in [-0.39, 0.29) is 0 Å². The maximum atomic E-state index is 12.5. The highest BCUT2D eigenvalue weighted by Gasteiger charge is 2.34. The molecule has 0 saturated carbocycles. The normalized spacial score (nSPS) is 14.9. The number of fused-ring (bicyclic) bond motifs is 1. The van der Waals surface area contributed by atoms with Crippen LogP contribution in [0.3, 0.4) is 0 Å². The Hall–Kier alpha value is -3.79. The van der Waals surface area contributed by atoms with Crippen LogP contribution in [0.5, 0.6) is 0 Å². The molecule has 0 bridgehead atoms. The number of rotatable bonds is 6. The van der Waals surface area contributed by atoms with Crippen molar-refractivity contribution >= 4 is 16.9 Å². The monoisotopic (exact) mass is 508 g/mol. The summed E-state index contributed by atoms with van der Waals surface area (Å²) in [5, 5.41) is 0. The Balaban J connectivity index is 1.21. The van der Waals surface area contributed by atoms with E-state index in [9.17, 15) is 18.0 Å². The summed E-state index contributed by atoms with van der Waals surface area (Å²) >= 11 is 0. The molecule has 1 fully saturated rings. The van der Waals surface area contributed by atoms with Gasteiger partial charge in [-0.2, -0.15) is 13.2 Å². The summed E-state index contributed by atoms with van der Waals surface area (Å²) in [4.78, 5) is 32.2. The molecule has 37 heavy (non-hydrogen) atoms. The maximum Gasteiger partial charge on any atom is 0.397 e. The summed E-state index contributed by atoms with van der Waals surface area (Å²) in [5.41, 5.74) is 6.94. The summed E-state index contributed by atoms with van der Waals surface area (Å²) in [6.07, 6.45) is -1.75. The second-order valence-corrected chi connectivity index (χ2v) is 9.38. The van der Waals surface area contributed by atoms with Gasteiger partial charge in [-0.05, 0) is 60.0 Å². The number of hydrogen-bond donors (Lipinski definition) is 1. The van der Waals surface area contributed by atoms with Gasteiger partial charge in [0.05, 0.1) is 11.0 Å². The number of nitrogens with zero attached hydrogens (tertiary/aromatic N) is 5. The molecule has 0 radical (unpaired) electrons. The van der Waals surface area contributed by atoms with E-state index in [1.165, 1.54) is 4.90 Å². The van der Waals surface area contributed by atoms with Crippen molar-refractivity contribution in [1.29, 1.82) is 0 Å². The second kappa shape index (κ2) is 10.3. The summed E-state index contributed by atoms with van der Waals surface area (Å²) in [5.74, 6) is -0.0355. The van der Waals surface area contributed by atoms with Gasteiger partial charge in [0, 0.05) is 62.9 Å². The van der Waals surface area contributed by atoms with Gasteiger partial charge in [0.25, 0.3) is 0 Å². The van der Waals surface area contributed by atoms with Gasteiger partial charge >= 0.3 is 6.18 Å². The quantitative estimate of drug-likeness (QED) is 0.415. The number of H-pyrrole nitrogens is 1. The fourth-order valence-corrected chi connectivity index (χ4v) is 4.64. The minimum Gasteiger partial charge on any atom is -0.342 e. The molecule has 7 nitrogen and oxygen atoms in total. The summed E-state index contributed by atoms with van der Waals surface area (Å²) in [6, 6.07) is 14.1. The Morgan fingerprint density at radius 2 is 1.73 bits per heavy atom. The molecule has 4 aromatic rings. The van der Waals surface area contributed by atoms with Gasteiger partial charge in [0.2, 0.25) is 5.91 Å². The number of carbonyl (C=O) groups is 1. The van der Waals surface area contributed by atoms with Crippen LogP contribution in [0.2, 0.25) is 0 Å². The predicted molar refractivity (Wildman–Crippen MR) is 134 cm³/mol. The number of benzene rings is 1. The van der Waals surface area contributed by atoms with Gasteiger partial charge in [0.1, 0.15) is 12.2 Å². The van der Waals surface area contributed by atoms with E-state index in [0.29, 0.717) is 39.1 Å². The molecule has 1 N–H and O–H groups in total. The summed E-state index contributed by atoms with van der Waals surface area (Å²) < 4.78 is 37.5. The largest absolute Gasteiger partial charge is 0.397 e. The van der Waals surface area contributed by atoms with Gasteiger partial charge in [-0.25, -0.2) is 4.98 Å². The Morgan fingerprint density at radius 3 is 2.49 bits per heavy atom. The molecule has 3 aromatic heterocycles. The molecule has 192 valence electrons. The van der Waals surface area contributed by atoms with Gasteiger partial charge < -0.3 is 9.88 Å². The third kappa shape index (κ3) is 6.32. The minimum absolute atomic E-state index is 0.299. The fraction of sp³-hybridized carbons (Fsp3) is 0.333. The number of alkyl halides is 3.